The van der Waals surface area contributed by atoms with Gasteiger partial charge in [0.1, 0.15) is 0 Å². The van der Waals surface area contributed by atoms with E-state index in [1.54, 1.807) is 0 Å². The smallest absolute Gasteiger partial charge is 0.224 e. The molecule has 2 amide bonds. The highest BCUT2D eigenvalue weighted by atomic mass is 16.2. The molecule has 2 N–H and O–H groups in total. The molecule has 0 atom stereocenters. The third-order valence-corrected chi connectivity index (χ3v) is 4.02. The van der Waals surface area contributed by atoms with Crippen LogP contribution >= 0.6 is 0 Å². The second-order valence-electron chi connectivity index (χ2n) is 6.41. The Hall–Kier alpha value is -1.10. The van der Waals surface area contributed by atoms with Crippen molar-refractivity contribution in [3.8, 4) is 0 Å². The minimum atomic E-state index is 0.0450. The number of nitrogens with zero attached hydrogens (tertiary/aromatic N) is 1. The van der Waals surface area contributed by atoms with E-state index in [2.05, 4.69) is 10.6 Å². The summed E-state index contributed by atoms with van der Waals surface area (Å²) in [7, 11) is 1.98. The third kappa shape index (κ3) is 7.46. The summed E-state index contributed by atoms with van der Waals surface area (Å²) < 4.78 is 0. The van der Waals surface area contributed by atoms with Crippen LogP contribution in [0, 0.1) is 11.8 Å². The van der Waals surface area contributed by atoms with E-state index in [4.69, 9.17) is 0 Å². The van der Waals surface area contributed by atoms with Gasteiger partial charge in [-0.05, 0) is 44.7 Å². The molecule has 1 rings (SSSR count). The van der Waals surface area contributed by atoms with Crippen LogP contribution in [0.25, 0.3) is 0 Å². The lowest BCUT2D eigenvalue weighted by molar-refractivity contribution is -0.132. The van der Waals surface area contributed by atoms with E-state index in [9.17, 15) is 9.59 Å². The Labute approximate surface area is 128 Å². The summed E-state index contributed by atoms with van der Waals surface area (Å²) in [6.45, 7) is 7.29. The number of piperidine rings is 1. The first-order chi connectivity index (χ1) is 10.0. The lowest BCUT2D eigenvalue weighted by Crippen LogP contribution is -2.40. The summed E-state index contributed by atoms with van der Waals surface area (Å²) in [6.07, 6.45) is 4.36. The number of carbonyl (C=O) groups is 2. The van der Waals surface area contributed by atoms with Crippen LogP contribution in [0.2, 0.25) is 0 Å². The fraction of sp³-hybridized carbons (Fsp3) is 0.875. The zero-order chi connectivity index (χ0) is 15.7. The van der Waals surface area contributed by atoms with Gasteiger partial charge in [-0.2, -0.15) is 0 Å². The summed E-state index contributed by atoms with van der Waals surface area (Å²) in [5.74, 6) is 1.32. The van der Waals surface area contributed by atoms with Crippen molar-refractivity contribution in [2.75, 3.05) is 33.2 Å². The molecule has 0 aliphatic carbocycles. The minimum Gasteiger partial charge on any atom is -0.356 e. The van der Waals surface area contributed by atoms with E-state index in [1.807, 2.05) is 25.8 Å². The molecule has 0 radical (unpaired) electrons. The highest BCUT2D eigenvalue weighted by Crippen LogP contribution is 2.20. The molecule has 0 bridgehead atoms. The first-order valence-electron chi connectivity index (χ1n) is 8.22. The highest BCUT2D eigenvalue weighted by Gasteiger charge is 2.22. The molecular weight excluding hydrogens is 266 g/mol. The monoisotopic (exact) mass is 297 g/mol. The van der Waals surface area contributed by atoms with Crippen molar-refractivity contribution in [1.29, 1.82) is 0 Å². The van der Waals surface area contributed by atoms with Crippen LogP contribution < -0.4 is 10.6 Å². The molecule has 1 aliphatic heterocycles. The van der Waals surface area contributed by atoms with Crippen molar-refractivity contribution in [3.63, 3.8) is 0 Å². The van der Waals surface area contributed by atoms with Gasteiger partial charge in [-0.15, -0.1) is 0 Å². The predicted molar refractivity (Wildman–Crippen MR) is 84.9 cm³/mol. The third-order valence-electron chi connectivity index (χ3n) is 4.02. The number of likely N-dealkylation sites (tertiary alicyclic amines) is 1. The van der Waals surface area contributed by atoms with Crippen molar-refractivity contribution < 1.29 is 9.59 Å². The molecule has 21 heavy (non-hydrogen) atoms. The summed E-state index contributed by atoms with van der Waals surface area (Å²) >= 11 is 0. The Morgan fingerprint density at radius 1 is 1.19 bits per heavy atom. The van der Waals surface area contributed by atoms with E-state index >= 15 is 0 Å². The number of hydrogen-bond donors (Lipinski definition) is 2. The maximum absolute atomic E-state index is 12.1. The van der Waals surface area contributed by atoms with Crippen molar-refractivity contribution in [2.45, 2.75) is 46.0 Å². The number of carbonyl (C=O) groups excluding carboxylic acids is 2. The molecule has 0 aromatic heterocycles. The standard InChI is InChI=1S/C16H31N3O2/c1-13(2)12-15(20)18-9-5-16(21)19-10-6-14(7-11-19)4-8-17-3/h13-14,17H,4-12H2,1-3H3,(H,18,20). The van der Waals surface area contributed by atoms with Crippen LogP contribution in [0.4, 0.5) is 0 Å². The largest absolute Gasteiger partial charge is 0.356 e. The molecule has 0 saturated carbocycles. The Morgan fingerprint density at radius 3 is 2.43 bits per heavy atom. The summed E-state index contributed by atoms with van der Waals surface area (Å²) in [5, 5.41) is 6.01. The average molecular weight is 297 g/mol. The molecule has 0 spiro atoms. The van der Waals surface area contributed by atoms with Gasteiger partial charge in [0.15, 0.2) is 0 Å². The van der Waals surface area contributed by atoms with Gasteiger partial charge in [-0.1, -0.05) is 13.8 Å². The molecule has 1 heterocycles. The lowest BCUT2D eigenvalue weighted by atomic mass is 9.93. The minimum absolute atomic E-state index is 0.0450. The van der Waals surface area contributed by atoms with Gasteiger partial charge >= 0.3 is 0 Å². The molecule has 5 nitrogen and oxygen atoms in total. The number of amides is 2. The maximum atomic E-state index is 12.1. The van der Waals surface area contributed by atoms with Gasteiger partial charge in [0, 0.05) is 32.5 Å². The molecule has 1 saturated heterocycles. The number of nitrogens with one attached hydrogen (secondary N) is 2. The second-order valence-corrected chi connectivity index (χ2v) is 6.41. The van der Waals surface area contributed by atoms with E-state index in [1.165, 1.54) is 6.42 Å². The molecule has 1 aliphatic rings. The van der Waals surface area contributed by atoms with Crippen LogP contribution in [0.5, 0.6) is 0 Å². The van der Waals surface area contributed by atoms with Gasteiger partial charge < -0.3 is 15.5 Å². The fourth-order valence-corrected chi connectivity index (χ4v) is 2.73. The van der Waals surface area contributed by atoms with Crippen molar-refractivity contribution in [3.05, 3.63) is 0 Å². The Morgan fingerprint density at radius 2 is 1.86 bits per heavy atom. The van der Waals surface area contributed by atoms with Crippen molar-refractivity contribution in [2.24, 2.45) is 11.8 Å². The SMILES string of the molecule is CNCCC1CCN(C(=O)CCNC(=O)CC(C)C)CC1. The average Bonchev–Trinajstić information content (AvgIpc) is 2.44. The first-order valence-corrected chi connectivity index (χ1v) is 8.22. The van der Waals surface area contributed by atoms with Crippen molar-refractivity contribution in [1.82, 2.24) is 15.5 Å². The molecule has 0 aromatic rings. The Bertz CT molecular complexity index is 323. The Kier molecular flexibility index (Phi) is 8.35. The van der Waals surface area contributed by atoms with Gasteiger partial charge in [0.05, 0.1) is 0 Å². The van der Waals surface area contributed by atoms with Gasteiger partial charge in [-0.25, -0.2) is 0 Å². The summed E-state index contributed by atoms with van der Waals surface area (Å²) in [6, 6.07) is 0. The molecule has 5 heteroatoms. The topological polar surface area (TPSA) is 61.4 Å². The van der Waals surface area contributed by atoms with Crippen molar-refractivity contribution >= 4 is 11.8 Å². The molecule has 1 fully saturated rings. The van der Waals surface area contributed by atoms with Gasteiger partial charge in [0.2, 0.25) is 11.8 Å². The summed E-state index contributed by atoms with van der Waals surface area (Å²) in [4.78, 5) is 25.5. The summed E-state index contributed by atoms with van der Waals surface area (Å²) in [5.41, 5.74) is 0. The van der Waals surface area contributed by atoms with E-state index in [-0.39, 0.29) is 11.8 Å². The van der Waals surface area contributed by atoms with Gasteiger partial charge in [-0.3, -0.25) is 9.59 Å². The molecule has 0 unspecified atom stereocenters. The predicted octanol–water partition coefficient (Wildman–Crippen LogP) is 1.39. The number of rotatable bonds is 8. The normalized spacial score (nSPS) is 16.3. The second kappa shape index (κ2) is 9.77. The van der Waals surface area contributed by atoms with E-state index < -0.39 is 0 Å². The molecular formula is C16H31N3O2. The molecule has 0 aromatic carbocycles. The zero-order valence-electron chi connectivity index (χ0n) is 13.8. The van der Waals surface area contributed by atoms with Crippen LogP contribution in [-0.4, -0.2) is 49.9 Å². The molecule has 122 valence electrons. The lowest BCUT2D eigenvalue weighted by Gasteiger charge is -2.32. The van der Waals surface area contributed by atoms with Gasteiger partial charge in [0.25, 0.3) is 0 Å². The van der Waals surface area contributed by atoms with Crippen LogP contribution in [0.1, 0.15) is 46.0 Å². The zero-order valence-corrected chi connectivity index (χ0v) is 13.8. The van der Waals surface area contributed by atoms with Crippen LogP contribution in [0.15, 0.2) is 0 Å². The Balaban J connectivity index is 2.15. The first kappa shape index (κ1) is 18.0. The van der Waals surface area contributed by atoms with Crippen LogP contribution in [-0.2, 0) is 9.59 Å². The number of hydrogen-bond acceptors (Lipinski definition) is 3. The quantitative estimate of drug-likeness (QED) is 0.711. The fourth-order valence-electron chi connectivity index (χ4n) is 2.73. The maximum Gasteiger partial charge on any atom is 0.224 e. The highest BCUT2D eigenvalue weighted by molar-refractivity contribution is 5.79. The van der Waals surface area contributed by atoms with E-state index in [0.29, 0.717) is 25.3 Å². The van der Waals surface area contributed by atoms with E-state index in [0.717, 1.165) is 38.4 Å². The van der Waals surface area contributed by atoms with Crippen LogP contribution in [0.3, 0.4) is 0 Å².